The third-order valence-corrected chi connectivity index (χ3v) is 3.97. The van der Waals surface area contributed by atoms with Crippen LogP contribution in [0.5, 0.6) is 5.75 Å². The van der Waals surface area contributed by atoms with Gasteiger partial charge in [-0.1, -0.05) is 25.1 Å². The topological polar surface area (TPSA) is 56.5 Å². The van der Waals surface area contributed by atoms with Gasteiger partial charge in [0.05, 0.1) is 18.2 Å². The Bertz CT molecular complexity index is 417. The monoisotopic (exact) mass is 278 g/mol. The number of nitrogens with one attached hydrogen (secondary N) is 1. The fourth-order valence-corrected chi connectivity index (χ4v) is 2.84. The van der Waals surface area contributed by atoms with E-state index in [1.165, 1.54) is 6.42 Å². The third-order valence-electron chi connectivity index (χ3n) is 3.97. The van der Waals surface area contributed by atoms with Gasteiger partial charge in [0.2, 0.25) is 0 Å². The van der Waals surface area contributed by atoms with Crippen LogP contribution in [0.4, 0.5) is 0 Å². The Balaban J connectivity index is 2.26. The fourth-order valence-electron chi connectivity index (χ4n) is 2.84. The predicted molar refractivity (Wildman–Crippen MR) is 80.5 cm³/mol. The van der Waals surface area contributed by atoms with E-state index < -0.39 is 0 Å². The van der Waals surface area contributed by atoms with Crippen molar-refractivity contribution in [1.82, 2.24) is 5.43 Å². The number of para-hydroxylation sites is 1. The first kappa shape index (κ1) is 15.3. The first-order chi connectivity index (χ1) is 9.71. The van der Waals surface area contributed by atoms with E-state index in [1.807, 2.05) is 18.2 Å². The highest BCUT2D eigenvalue weighted by Crippen LogP contribution is 2.39. The lowest BCUT2D eigenvalue weighted by molar-refractivity contribution is -0.0902. The zero-order valence-electron chi connectivity index (χ0n) is 12.5. The summed E-state index contributed by atoms with van der Waals surface area (Å²) in [5, 5.41) is 0. The molecular formula is C16H26N2O2. The Morgan fingerprint density at radius 3 is 2.85 bits per heavy atom. The Morgan fingerprint density at radius 1 is 1.40 bits per heavy atom. The summed E-state index contributed by atoms with van der Waals surface area (Å²) >= 11 is 0. The van der Waals surface area contributed by atoms with Gasteiger partial charge in [0.25, 0.3) is 0 Å². The zero-order valence-corrected chi connectivity index (χ0v) is 12.5. The largest absolute Gasteiger partial charge is 0.493 e. The molecule has 4 heteroatoms. The molecule has 2 atom stereocenters. The summed E-state index contributed by atoms with van der Waals surface area (Å²) in [6, 6.07) is 8.02. The minimum atomic E-state index is -0.279. The third kappa shape index (κ3) is 3.32. The van der Waals surface area contributed by atoms with E-state index in [0.29, 0.717) is 6.61 Å². The molecule has 0 bridgehead atoms. The van der Waals surface area contributed by atoms with Crippen LogP contribution in [0.25, 0.3) is 0 Å². The molecule has 1 saturated heterocycles. The SMILES string of the molecule is CCCOc1ccccc1C(NN)C1(C)CCCCO1. The van der Waals surface area contributed by atoms with Crippen molar-refractivity contribution in [3.8, 4) is 5.75 Å². The molecule has 1 aliphatic rings. The van der Waals surface area contributed by atoms with Gasteiger partial charge in [0.15, 0.2) is 0 Å². The van der Waals surface area contributed by atoms with Crippen LogP contribution in [0.2, 0.25) is 0 Å². The van der Waals surface area contributed by atoms with Gasteiger partial charge in [-0.2, -0.15) is 0 Å². The second kappa shape index (κ2) is 7.07. The summed E-state index contributed by atoms with van der Waals surface area (Å²) in [5.41, 5.74) is 3.74. The minimum absolute atomic E-state index is 0.0594. The van der Waals surface area contributed by atoms with Crippen molar-refractivity contribution >= 4 is 0 Å². The summed E-state index contributed by atoms with van der Waals surface area (Å²) in [4.78, 5) is 0. The molecule has 1 aliphatic heterocycles. The van der Waals surface area contributed by atoms with Crippen LogP contribution in [-0.2, 0) is 4.74 Å². The summed E-state index contributed by atoms with van der Waals surface area (Å²) in [5.74, 6) is 6.73. The Kier molecular flexibility index (Phi) is 5.40. The normalized spacial score (nSPS) is 24.4. The van der Waals surface area contributed by atoms with Crippen LogP contribution in [0.1, 0.15) is 51.1 Å². The number of rotatable bonds is 6. The Morgan fingerprint density at radius 2 is 2.20 bits per heavy atom. The fraction of sp³-hybridized carbons (Fsp3) is 0.625. The molecule has 4 nitrogen and oxygen atoms in total. The van der Waals surface area contributed by atoms with Crippen molar-refractivity contribution in [3.05, 3.63) is 29.8 Å². The summed E-state index contributed by atoms with van der Waals surface area (Å²) < 4.78 is 11.9. The van der Waals surface area contributed by atoms with Crippen LogP contribution in [0.3, 0.4) is 0 Å². The highest BCUT2D eigenvalue weighted by molar-refractivity contribution is 5.37. The van der Waals surface area contributed by atoms with Crippen molar-refractivity contribution in [2.75, 3.05) is 13.2 Å². The Hall–Kier alpha value is -1.10. The van der Waals surface area contributed by atoms with Crippen molar-refractivity contribution < 1.29 is 9.47 Å². The van der Waals surface area contributed by atoms with Gasteiger partial charge in [0, 0.05) is 12.2 Å². The van der Waals surface area contributed by atoms with E-state index in [1.54, 1.807) is 0 Å². The second-order valence-corrected chi connectivity index (χ2v) is 5.60. The molecule has 0 aromatic heterocycles. The van der Waals surface area contributed by atoms with Crippen molar-refractivity contribution in [1.29, 1.82) is 0 Å². The standard InChI is InChI=1S/C16H26N2O2/c1-3-11-19-14-9-5-4-8-13(14)15(18-17)16(2)10-6-7-12-20-16/h4-5,8-9,15,18H,3,6-7,10-12,17H2,1-2H3. The number of ether oxygens (including phenoxy) is 2. The van der Waals surface area contributed by atoms with Crippen molar-refractivity contribution in [2.45, 2.75) is 51.2 Å². The highest BCUT2D eigenvalue weighted by atomic mass is 16.5. The number of nitrogens with two attached hydrogens (primary N) is 1. The lowest BCUT2D eigenvalue weighted by Gasteiger charge is -2.40. The van der Waals surface area contributed by atoms with Crippen molar-refractivity contribution in [2.24, 2.45) is 5.84 Å². The van der Waals surface area contributed by atoms with E-state index >= 15 is 0 Å². The van der Waals surface area contributed by atoms with E-state index in [4.69, 9.17) is 15.3 Å². The maximum absolute atomic E-state index is 6.03. The summed E-state index contributed by atoms with van der Waals surface area (Å²) in [6.45, 7) is 5.75. The minimum Gasteiger partial charge on any atom is -0.493 e. The maximum atomic E-state index is 6.03. The zero-order chi connectivity index (χ0) is 14.4. The van der Waals surface area contributed by atoms with Gasteiger partial charge in [-0.05, 0) is 38.7 Å². The molecule has 0 radical (unpaired) electrons. The smallest absolute Gasteiger partial charge is 0.124 e. The van der Waals surface area contributed by atoms with Gasteiger partial charge in [0.1, 0.15) is 5.75 Å². The molecule has 2 rings (SSSR count). The predicted octanol–water partition coefficient (Wildman–Crippen LogP) is 2.94. The van der Waals surface area contributed by atoms with E-state index in [2.05, 4.69) is 25.3 Å². The maximum Gasteiger partial charge on any atom is 0.124 e. The number of hydrogen-bond donors (Lipinski definition) is 2. The van der Waals surface area contributed by atoms with Crippen LogP contribution in [-0.4, -0.2) is 18.8 Å². The lowest BCUT2D eigenvalue weighted by atomic mass is 9.84. The molecular weight excluding hydrogens is 252 g/mol. The van der Waals surface area contributed by atoms with E-state index in [-0.39, 0.29) is 11.6 Å². The van der Waals surface area contributed by atoms with Crippen LogP contribution < -0.4 is 16.0 Å². The van der Waals surface area contributed by atoms with Crippen molar-refractivity contribution in [3.63, 3.8) is 0 Å². The molecule has 112 valence electrons. The van der Waals surface area contributed by atoms with Gasteiger partial charge < -0.3 is 9.47 Å². The van der Waals surface area contributed by atoms with Crippen LogP contribution >= 0.6 is 0 Å². The van der Waals surface area contributed by atoms with Crippen LogP contribution in [0.15, 0.2) is 24.3 Å². The molecule has 1 aromatic rings. The quantitative estimate of drug-likeness (QED) is 0.620. The first-order valence-corrected chi connectivity index (χ1v) is 7.53. The number of benzene rings is 1. The van der Waals surface area contributed by atoms with Gasteiger partial charge in [-0.3, -0.25) is 5.84 Å². The average Bonchev–Trinajstić information content (AvgIpc) is 2.47. The average molecular weight is 278 g/mol. The molecule has 1 fully saturated rings. The summed E-state index contributed by atoms with van der Waals surface area (Å²) in [6.07, 6.45) is 4.29. The lowest BCUT2D eigenvalue weighted by Crippen LogP contribution is -2.48. The molecule has 0 saturated carbocycles. The summed E-state index contributed by atoms with van der Waals surface area (Å²) in [7, 11) is 0. The molecule has 0 amide bonds. The first-order valence-electron chi connectivity index (χ1n) is 7.53. The van der Waals surface area contributed by atoms with Crippen LogP contribution in [0, 0.1) is 0 Å². The molecule has 20 heavy (non-hydrogen) atoms. The molecule has 1 aromatic carbocycles. The Labute approximate surface area is 121 Å². The van der Waals surface area contributed by atoms with Gasteiger partial charge >= 0.3 is 0 Å². The van der Waals surface area contributed by atoms with Gasteiger partial charge in [-0.25, -0.2) is 5.43 Å². The molecule has 3 N–H and O–H groups in total. The second-order valence-electron chi connectivity index (χ2n) is 5.60. The number of hydrogen-bond acceptors (Lipinski definition) is 4. The molecule has 2 unspecified atom stereocenters. The molecule has 1 heterocycles. The van der Waals surface area contributed by atoms with E-state index in [9.17, 15) is 0 Å². The molecule has 0 spiro atoms. The molecule has 0 aliphatic carbocycles. The highest BCUT2D eigenvalue weighted by Gasteiger charge is 2.38. The van der Waals surface area contributed by atoms with E-state index in [0.717, 1.165) is 37.2 Å². The van der Waals surface area contributed by atoms with Gasteiger partial charge in [-0.15, -0.1) is 0 Å². The number of hydrazine groups is 1.